The molecule has 0 radical (unpaired) electrons. The standard InChI is InChI=1S/C26H25ClFN7O4/c27-17-2-3-18-22(23(17)28)26(39-25(37)33-18)5-6-35(15-26)21-14-29-13-19(32-21)24(36)31-12-16-1-4-20(30-11-16)34-7-9-38-10-8-34/h1-4,11,13-14H,5-10,12,15H2,(H,31,36)(H,33,37)/t26-/m1/s1. The van der Waals surface area contributed by atoms with E-state index in [1.165, 1.54) is 18.5 Å². The van der Waals surface area contributed by atoms with Crippen LogP contribution >= 0.6 is 11.6 Å². The zero-order valence-electron chi connectivity index (χ0n) is 20.8. The molecule has 1 spiro atoms. The minimum absolute atomic E-state index is 0.0595. The maximum Gasteiger partial charge on any atom is 0.412 e. The van der Waals surface area contributed by atoms with Crippen molar-refractivity contribution >= 4 is 40.9 Å². The molecule has 0 saturated carbocycles. The van der Waals surface area contributed by atoms with Crippen LogP contribution in [0.3, 0.4) is 0 Å². The van der Waals surface area contributed by atoms with Crippen LogP contribution in [-0.4, -0.2) is 66.3 Å². The Morgan fingerprint density at radius 3 is 2.74 bits per heavy atom. The summed E-state index contributed by atoms with van der Waals surface area (Å²) in [5.74, 6) is 0.254. The summed E-state index contributed by atoms with van der Waals surface area (Å²) in [6.07, 6.45) is 4.28. The highest BCUT2D eigenvalue weighted by Gasteiger charge is 2.50. The number of nitrogens with one attached hydrogen (secondary N) is 2. The Hall–Kier alpha value is -4.03. The summed E-state index contributed by atoms with van der Waals surface area (Å²) in [5.41, 5.74) is 0.252. The zero-order valence-corrected chi connectivity index (χ0v) is 21.6. The molecular weight excluding hydrogens is 529 g/mol. The molecule has 2 amide bonds. The molecule has 1 atom stereocenters. The van der Waals surface area contributed by atoms with Gasteiger partial charge >= 0.3 is 6.09 Å². The summed E-state index contributed by atoms with van der Waals surface area (Å²) in [4.78, 5) is 42.2. The lowest BCUT2D eigenvalue weighted by atomic mass is 9.89. The predicted octanol–water partition coefficient (Wildman–Crippen LogP) is 3.10. The topological polar surface area (TPSA) is 122 Å². The highest BCUT2D eigenvalue weighted by Crippen LogP contribution is 2.46. The van der Waals surface area contributed by atoms with Gasteiger partial charge in [0.25, 0.3) is 5.91 Å². The minimum atomic E-state index is -1.24. The smallest absolute Gasteiger partial charge is 0.412 e. The molecule has 0 bridgehead atoms. The number of hydrogen-bond acceptors (Lipinski definition) is 9. The van der Waals surface area contributed by atoms with Gasteiger partial charge in [0, 0.05) is 38.8 Å². The van der Waals surface area contributed by atoms with Gasteiger partial charge in [-0.25, -0.2) is 19.2 Å². The van der Waals surface area contributed by atoms with E-state index >= 15 is 4.39 Å². The second kappa shape index (κ2) is 10.3. The first-order valence-corrected chi connectivity index (χ1v) is 12.9. The van der Waals surface area contributed by atoms with E-state index in [2.05, 4.69) is 30.5 Å². The first-order valence-electron chi connectivity index (χ1n) is 12.5. The third-order valence-electron chi connectivity index (χ3n) is 7.08. The lowest BCUT2D eigenvalue weighted by Gasteiger charge is -2.35. The predicted molar refractivity (Wildman–Crippen MR) is 140 cm³/mol. The number of anilines is 3. The summed E-state index contributed by atoms with van der Waals surface area (Å²) in [6.45, 7) is 3.76. The van der Waals surface area contributed by atoms with E-state index in [0.29, 0.717) is 37.7 Å². The van der Waals surface area contributed by atoms with E-state index in [0.717, 1.165) is 24.5 Å². The number of halogens is 2. The second-order valence-corrected chi connectivity index (χ2v) is 9.94. The Balaban J connectivity index is 1.13. The number of benzene rings is 1. The lowest BCUT2D eigenvalue weighted by Crippen LogP contribution is -2.42. The summed E-state index contributed by atoms with van der Waals surface area (Å²) in [5, 5.41) is 5.32. The molecular formula is C26H25ClFN7O4. The van der Waals surface area contributed by atoms with Crippen LogP contribution < -0.4 is 20.4 Å². The molecule has 13 heteroatoms. The van der Waals surface area contributed by atoms with Gasteiger partial charge in [-0.2, -0.15) is 0 Å². The van der Waals surface area contributed by atoms with E-state index in [9.17, 15) is 9.59 Å². The molecule has 2 fully saturated rings. The van der Waals surface area contributed by atoms with Crippen molar-refractivity contribution in [1.82, 2.24) is 20.3 Å². The Labute approximate surface area is 228 Å². The summed E-state index contributed by atoms with van der Waals surface area (Å²) >= 11 is 6.04. The van der Waals surface area contributed by atoms with Gasteiger partial charge in [-0.15, -0.1) is 0 Å². The van der Waals surface area contributed by atoms with Gasteiger partial charge < -0.3 is 24.6 Å². The molecule has 5 heterocycles. The van der Waals surface area contributed by atoms with Gasteiger partial charge in [0.15, 0.2) is 11.4 Å². The van der Waals surface area contributed by atoms with E-state index in [-0.39, 0.29) is 29.4 Å². The average molecular weight is 554 g/mol. The first-order chi connectivity index (χ1) is 18.9. The third-order valence-corrected chi connectivity index (χ3v) is 7.37. The number of fused-ring (bicyclic) bond motifs is 2. The van der Waals surface area contributed by atoms with Crippen LogP contribution in [0.2, 0.25) is 5.02 Å². The quantitative estimate of drug-likeness (QED) is 0.491. The second-order valence-electron chi connectivity index (χ2n) is 9.53. The van der Waals surface area contributed by atoms with Crippen LogP contribution in [0.15, 0.2) is 42.9 Å². The van der Waals surface area contributed by atoms with E-state index in [4.69, 9.17) is 21.1 Å². The zero-order chi connectivity index (χ0) is 27.0. The molecule has 2 saturated heterocycles. The molecule has 2 N–H and O–H groups in total. The fraction of sp³-hybridized carbons (Fsp3) is 0.346. The first kappa shape index (κ1) is 25.3. The summed E-state index contributed by atoms with van der Waals surface area (Å²) < 4.78 is 26.1. The van der Waals surface area contributed by atoms with Crippen LogP contribution in [0.1, 0.15) is 28.0 Å². The van der Waals surface area contributed by atoms with Crippen LogP contribution in [0.5, 0.6) is 0 Å². The summed E-state index contributed by atoms with van der Waals surface area (Å²) in [6, 6.07) is 6.80. The van der Waals surface area contributed by atoms with Crippen molar-refractivity contribution in [2.75, 3.05) is 54.5 Å². The number of nitrogens with zero attached hydrogens (tertiary/aromatic N) is 5. The van der Waals surface area contributed by atoms with Crippen LogP contribution in [0.4, 0.5) is 26.5 Å². The van der Waals surface area contributed by atoms with Gasteiger partial charge in [0.05, 0.1) is 48.4 Å². The van der Waals surface area contributed by atoms with Gasteiger partial charge in [-0.3, -0.25) is 15.1 Å². The van der Waals surface area contributed by atoms with Crippen molar-refractivity contribution in [2.45, 2.75) is 18.6 Å². The number of amides is 2. The van der Waals surface area contributed by atoms with Crippen molar-refractivity contribution < 1.29 is 23.5 Å². The molecule has 39 heavy (non-hydrogen) atoms. The molecule has 0 aliphatic carbocycles. The van der Waals surface area contributed by atoms with Gasteiger partial charge in [-0.1, -0.05) is 17.7 Å². The Morgan fingerprint density at radius 2 is 1.95 bits per heavy atom. The SMILES string of the molecule is O=C1Nc2ccc(Cl)c(F)c2[C@]2(CCN(c3cncc(C(=O)NCc4ccc(N5CCOCC5)nc4)n3)C2)O1. The molecule has 3 aliphatic heterocycles. The number of ether oxygens (including phenoxy) is 2. The van der Waals surface area contributed by atoms with Crippen molar-refractivity contribution in [3.8, 4) is 0 Å². The Morgan fingerprint density at radius 1 is 1.10 bits per heavy atom. The molecule has 6 rings (SSSR count). The number of morpholine rings is 1. The number of hydrogen-bond donors (Lipinski definition) is 2. The van der Waals surface area contributed by atoms with E-state index in [1.807, 2.05) is 12.1 Å². The number of aromatic nitrogens is 3. The molecule has 1 aromatic carbocycles. The Bertz CT molecular complexity index is 1420. The maximum absolute atomic E-state index is 15.1. The monoisotopic (exact) mass is 553 g/mol. The average Bonchev–Trinajstić information content (AvgIpc) is 3.38. The minimum Gasteiger partial charge on any atom is -0.436 e. The molecule has 3 aromatic rings. The fourth-order valence-electron chi connectivity index (χ4n) is 5.12. The molecule has 3 aliphatic rings. The summed E-state index contributed by atoms with van der Waals surface area (Å²) in [7, 11) is 0. The van der Waals surface area contributed by atoms with E-state index in [1.54, 1.807) is 17.2 Å². The van der Waals surface area contributed by atoms with Crippen molar-refractivity contribution in [1.29, 1.82) is 0 Å². The van der Waals surface area contributed by atoms with Gasteiger partial charge in [-0.05, 0) is 23.8 Å². The molecule has 0 unspecified atom stereocenters. The van der Waals surface area contributed by atoms with Crippen molar-refractivity contribution in [2.24, 2.45) is 0 Å². The maximum atomic E-state index is 15.1. The van der Waals surface area contributed by atoms with Crippen LogP contribution in [-0.2, 0) is 21.6 Å². The number of carbonyl (C=O) groups is 2. The molecule has 2 aromatic heterocycles. The van der Waals surface area contributed by atoms with Crippen molar-refractivity contribution in [3.63, 3.8) is 0 Å². The Kier molecular flexibility index (Phi) is 6.65. The number of rotatable bonds is 5. The largest absolute Gasteiger partial charge is 0.436 e. The van der Waals surface area contributed by atoms with Crippen molar-refractivity contribution in [3.05, 3.63) is 70.5 Å². The molecule has 11 nitrogen and oxygen atoms in total. The van der Waals surface area contributed by atoms with Gasteiger partial charge in [0.1, 0.15) is 17.3 Å². The number of carbonyl (C=O) groups excluding carboxylic acids is 2. The lowest BCUT2D eigenvalue weighted by molar-refractivity contribution is 0.0263. The molecule has 202 valence electrons. The van der Waals surface area contributed by atoms with Crippen LogP contribution in [0.25, 0.3) is 0 Å². The van der Waals surface area contributed by atoms with Gasteiger partial charge in [0.2, 0.25) is 0 Å². The van der Waals surface area contributed by atoms with Crippen LogP contribution in [0, 0.1) is 5.82 Å². The highest BCUT2D eigenvalue weighted by molar-refractivity contribution is 6.31. The highest BCUT2D eigenvalue weighted by atomic mass is 35.5. The van der Waals surface area contributed by atoms with E-state index < -0.39 is 23.4 Å². The number of pyridine rings is 1. The fourth-order valence-corrected chi connectivity index (χ4v) is 5.28. The third kappa shape index (κ3) is 4.92. The normalized spacial score (nSPS) is 20.4.